The van der Waals surface area contributed by atoms with E-state index in [0.29, 0.717) is 30.1 Å². The molecule has 3 rings (SSSR count). The molecule has 10 heteroatoms. The summed E-state index contributed by atoms with van der Waals surface area (Å²) >= 11 is 0. The first-order valence-electron chi connectivity index (χ1n) is 9.35. The third-order valence-corrected chi connectivity index (χ3v) is 4.83. The second kappa shape index (κ2) is 8.64. The third-order valence-electron chi connectivity index (χ3n) is 4.83. The molecule has 3 aromatic carbocycles. The van der Waals surface area contributed by atoms with Crippen molar-refractivity contribution in [2.24, 2.45) is 0 Å². The normalized spacial score (nSPS) is 13.1. The van der Waals surface area contributed by atoms with E-state index in [1.165, 1.54) is 0 Å². The number of hydrogen-bond donors (Lipinski definition) is 0. The maximum absolute atomic E-state index is 14.0. The van der Waals surface area contributed by atoms with Crippen LogP contribution in [0.2, 0.25) is 0 Å². The third kappa shape index (κ3) is 4.65. The maximum Gasteiger partial charge on any atom is 0.460 e. The van der Waals surface area contributed by atoms with Gasteiger partial charge in [0.1, 0.15) is 12.4 Å². The van der Waals surface area contributed by atoms with Crippen molar-refractivity contribution in [1.29, 1.82) is 0 Å². The summed E-state index contributed by atoms with van der Waals surface area (Å²) in [5.74, 6) is -18.9. The molecular weight excluding hydrogens is 463 g/mol. The van der Waals surface area contributed by atoms with Gasteiger partial charge >= 0.3 is 23.9 Å². The standard InChI is InChI=1S/C23H15F9O/c24-20(25,21(26,27)22(28,29)23(30,31)32)18-10-6-16(7-11-18)17-8-12-19(13-9-17)33-14-15-4-2-1-3-5-15/h1-13H,14H2. The van der Waals surface area contributed by atoms with Crippen LogP contribution >= 0.6 is 0 Å². The summed E-state index contributed by atoms with van der Waals surface area (Å²) in [5.41, 5.74) is -0.0617. The van der Waals surface area contributed by atoms with E-state index in [1.54, 1.807) is 24.3 Å². The molecule has 0 heterocycles. The topological polar surface area (TPSA) is 9.23 Å². The summed E-state index contributed by atoms with van der Waals surface area (Å²) in [7, 11) is 0. The van der Waals surface area contributed by atoms with Gasteiger partial charge in [0, 0.05) is 5.56 Å². The van der Waals surface area contributed by atoms with Gasteiger partial charge < -0.3 is 4.74 Å². The second-order valence-electron chi connectivity index (χ2n) is 7.10. The van der Waals surface area contributed by atoms with E-state index in [4.69, 9.17) is 4.74 Å². The maximum atomic E-state index is 14.0. The van der Waals surface area contributed by atoms with Crippen LogP contribution in [0.4, 0.5) is 39.5 Å². The zero-order valence-electron chi connectivity index (χ0n) is 16.5. The van der Waals surface area contributed by atoms with Crippen LogP contribution < -0.4 is 4.74 Å². The minimum atomic E-state index is -6.93. The van der Waals surface area contributed by atoms with Gasteiger partial charge in [-0.2, -0.15) is 39.5 Å². The van der Waals surface area contributed by atoms with Crippen LogP contribution in [0.25, 0.3) is 11.1 Å². The van der Waals surface area contributed by atoms with Gasteiger partial charge in [-0.3, -0.25) is 0 Å². The van der Waals surface area contributed by atoms with Crippen molar-refractivity contribution < 1.29 is 44.3 Å². The lowest BCUT2D eigenvalue weighted by Gasteiger charge is -2.33. The first-order valence-corrected chi connectivity index (χ1v) is 9.35. The Labute approximate surface area is 182 Å². The van der Waals surface area contributed by atoms with Gasteiger partial charge in [-0.05, 0) is 28.8 Å². The molecule has 0 aliphatic carbocycles. The Morgan fingerprint density at radius 1 is 0.545 bits per heavy atom. The molecule has 0 N–H and O–H groups in total. The van der Waals surface area contributed by atoms with E-state index in [-0.39, 0.29) is 5.56 Å². The number of halogens is 9. The Bertz CT molecular complexity index is 1060. The van der Waals surface area contributed by atoms with E-state index in [0.717, 1.165) is 17.7 Å². The van der Waals surface area contributed by atoms with Gasteiger partial charge in [-0.1, -0.05) is 66.7 Å². The predicted octanol–water partition coefficient (Wildman–Crippen LogP) is 7.86. The SMILES string of the molecule is FC(F)(F)C(F)(F)C(F)(F)C(F)(F)c1ccc(-c2ccc(OCc3ccccc3)cc2)cc1. The largest absolute Gasteiger partial charge is 0.489 e. The quantitative estimate of drug-likeness (QED) is 0.314. The number of hydrogen-bond acceptors (Lipinski definition) is 1. The molecule has 0 fully saturated rings. The van der Waals surface area contributed by atoms with Crippen molar-refractivity contribution in [3.8, 4) is 16.9 Å². The fourth-order valence-electron chi connectivity index (χ4n) is 2.91. The van der Waals surface area contributed by atoms with Crippen LogP contribution in [0.15, 0.2) is 78.9 Å². The number of benzene rings is 3. The molecular formula is C23H15F9O. The van der Waals surface area contributed by atoms with Crippen LogP contribution in [0.1, 0.15) is 11.1 Å². The summed E-state index contributed by atoms with van der Waals surface area (Å²) in [5, 5.41) is 0. The van der Waals surface area contributed by atoms with Gasteiger partial charge in [0.25, 0.3) is 0 Å². The van der Waals surface area contributed by atoms with Crippen LogP contribution in [0.3, 0.4) is 0 Å². The fraction of sp³-hybridized carbons (Fsp3) is 0.217. The highest BCUT2D eigenvalue weighted by Crippen LogP contribution is 2.56. The molecule has 1 nitrogen and oxygen atoms in total. The molecule has 0 amide bonds. The second-order valence-corrected chi connectivity index (χ2v) is 7.10. The van der Waals surface area contributed by atoms with E-state index in [1.807, 2.05) is 30.3 Å². The fourth-order valence-corrected chi connectivity index (χ4v) is 2.91. The lowest BCUT2D eigenvalue weighted by molar-refractivity contribution is -0.399. The van der Waals surface area contributed by atoms with Crippen molar-refractivity contribution in [2.75, 3.05) is 0 Å². The Morgan fingerprint density at radius 2 is 1.03 bits per heavy atom. The van der Waals surface area contributed by atoms with E-state index in [2.05, 4.69) is 0 Å². The smallest absolute Gasteiger partial charge is 0.460 e. The molecule has 33 heavy (non-hydrogen) atoms. The minimum absolute atomic E-state index is 0.245. The highest BCUT2D eigenvalue weighted by atomic mass is 19.4. The Morgan fingerprint density at radius 3 is 1.52 bits per heavy atom. The van der Waals surface area contributed by atoms with Crippen LogP contribution in [0, 0.1) is 0 Å². The van der Waals surface area contributed by atoms with Crippen LogP contribution in [-0.4, -0.2) is 18.0 Å². The molecule has 176 valence electrons. The molecule has 3 aromatic rings. The summed E-state index contributed by atoms with van der Waals surface area (Å²) < 4.78 is 124. The number of alkyl halides is 9. The zero-order chi connectivity index (χ0) is 24.5. The highest BCUT2D eigenvalue weighted by Gasteiger charge is 2.81. The van der Waals surface area contributed by atoms with Gasteiger partial charge in [-0.25, -0.2) is 0 Å². The first kappa shape index (κ1) is 24.5. The lowest BCUT2D eigenvalue weighted by atomic mass is 9.95. The Balaban J connectivity index is 1.76. The Kier molecular flexibility index (Phi) is 6.41. The first-order chi connectivity index (χ1) is 15.3. The molecule has 0 aromatic heterocycles. The van der Waals surface area contributed by atoms with Crippen molar-refractivity contribution in [1.82, 2.24) is 0 Å². The lowest BCUT2D eigenvalue weighted by Crippen LogP contribution is -2.59. The van der Waals surface area contributed by atoms with Crippen LogP contribution in [-0.2, 0) is 12.5 Å². The number of ether oxygens (including phenoxy) is 1. The Hall–Kier alpha value is -3.17. The molecule has 0 saturated heterocycles. The molecule has 0 bridgehead atoms. The summed E-state index contributed by atoms with van der Waals surface area (Å²) in [6.07, 6.45) is -6.86. The van der Waals surface area contributed by atoms with E-state index in [9.17, 15) is 39.5 Å². The predicted molar refractivity (Wildman–Crippen MR) is 102 cm³/mol. The van der Waals surface area contributed by atoms with Crippen molar-refractivity contribution in [2.45, 2.75) is 30.6 Å². The zero-order valence-corrected chi connectivity index (χ0v) is 16.5. The summed E-state index contributed by atoms with van der Waals surface area (Å²) in [4.78, 5) is 0. The van der Waals surface area contributed by atoms with Crippen LogP contribution in [0.5, 0.6) is 5.75 Å². The van der Waals surface area contributed by atoms with E-state index >= 15 is 0 Å². The molecule has 0 saturated carbocycles. The average molecular weight is 478 g/mol. The number of rotatable bonds is 7. The van der Waals surface area contributed by atoms with Gasteiger partial charge in [0.15, 0.2) is 0 Å². The minimum Gasteiger partial charge on any atom is -0.489 e. The molecule has 0 aliphatic heterocycles. The molecule has 0 unspecified atom stereocenters. The van der Waals surface area contributed by atoms with Gasteiger partial charge in [0.05, 0.1) is 0 Å². The van der Waals surface area contributed by atoms with Crippen molar-refractivity contribution >= 4 is 0 Å². The van der Waals surface area contributed by atoms with Gasteiger partial charge in [-0.15, -0.1) is 0 Å². The average Bonchev–Trinajstić information content (AvgIpc) is 2.78. The molecule has 0 aliphatic rings. The highest BCUT2D eigenvalue weighted by molar-refractivity contribution is 5.64. The van der Waals surface area contributed by atoms with Gasteiger partial charge in [0.2, 0.25) is 0 Å². The summed E-state index contributed by atoms with van der Waals surface area (Å²) in [6, 6.07) is 18.1. The van der Waals surface area contributed by atoms with E-state index < -0.39 is 29.5 Å². The molecule has 0 atom stereocenters. The van der Waals surface area contributed by atoms with Crippen molar-refractivity contribution in [3.05, 3.63) is 90.0 Å². The molecule has 0 spiro atoms. The monoisotopic (exact) mass is 478 g/mol. The summed E-state index contributed by atoms with van der Waals surface area (Å²) in [6.45, 7) is 0.292. The molecule has 0 radical (unpaired) electrons. The van der Waals surface area contributed by atoms with Crippen molar-refractivity contribution in [3.63, 3.8) is 0 Å².